The monoisotopic (exact) mass is 388 g/mol. The van der Waals surface area contributed by atoms with Gasteiger partial charge in [0, 0.05) is 22.3 Å². The van der Waals surface area contributed by atoms with Crippen molar-refractivity contribution in [2.24, 2.45) is 23.4 Å². The number of nitrogens with one attached hydrogen (secondary N) is 4. The van der Waals surface area contributed by atoms with Crippen molar-refractivity contribution in [3.8, 4) is 0 Å². The van der Waals surface area contributed by atoms with E-state index in [0.29, 0.717) is 22.3 Å². The van der Waals surface area contributed by atoms with Crippen molar-refractivity contribution >= 4 is 23.6 Å². The molecule has 148 valence electrons. The third kappa shape index (κ3) is 6.15. The summed E-state index contributed by atoms with van der Waals surface area (Å²) in [4.78, 5) is 44.0. The molecule has 0 bridgehead atoms. The average molecular weight is 388 g/mol. The molecule has 28 heavy (non-hydrogen) atoms. The van der Waals surface area contributed by atoms with Crippen LogP contribution >= 0.6 is 0 Å². The first-order chi connectivity index (χ1) is 13.4. The Morgan fingerprint density at radius 3 is 0.679 bits per heavy atom. The van der Waals surface area contributed by atoms with Crippen molar-refractivity contribution in [3.63, 3.8) is 0 Å². The zero-order valence-corrected chi connectivity index (χ0v) is 14.6. The Morgan fingerprint density at radius 1 is 0.429 bits per heavy atom. The molecule has 0 fully saturated rings. The lowest BCUT2D eigenvalue weighted by Crippen LogP contribution is -2.31. The minimum absolute atomic E-state index is 0.376. The summed E-state index contributed by atoms with van der Waals surface area (Å²) in [5.41, 5.74) is 9.42. The zero-order valence-electron chi connectivity index (χ0n) is 14.6. The van der Waals surface area contributed by atoms with Crippen molar-refractivity contribution in [2.45, 2.75) is 0 Å². The fraction of sp³-hybridized carbons (Fsp3) is 0. The number of carbonyl (C=O) groups excluding carboxylic acids is 4. The predicted molar refractivity (Wildman–Crippen MR) is 99.5 cm³/mol. The SMILES string of the molecule is NNC(=O)c1ccc(C(=O)NN)cc1.NNC(=O)c1ccc(C(=O)NN)cc1. The number of rotatable bonds is 4. The summed E-state index contributed by atoms with van der Waals surface area (Å²) in [5.74, 6) is 18.1. The molecule has 0 radical (unpaired) electrons. The van der Waals surface area contributed by atoms with E-state index in [1.54, 1.807) is 0 Å². The minimum atomic E-state index is -0.412. The molecule has 12 heteroatoms. The van der Waals surface area contributed by atoms with Crippen LogP contribution in [0.5, 0.6) is 0 Å². The number of hydrogen-bond donors (Lipinski definition) is 8. The molecule has 0 heterocycles. The molecule has 0 unspecified atom stereocenters. The molecule has 0 saturated heterocycles. The van der Waals surface area contributed by atoms with Gasteiger partial charge in [0.05, 0.1) is 0 Å². The maximum Gasteiger partial charge on any atom is 0.265 e. The third-order valence-electron chi connectivity index (χ3n) is 3.34. The van der Waals surface area contributed by atoms with E-state index >= 15 is 0 Å². The van der Waals surface area contributed by atoms with E-state index in [2.05, 4.69) is 0 Å². The molecule has 2 aromatic carbocycles. The second kappa shape index (κ2) is 11.0. The summed E-state index contributed by atoms with van der Waals surface area (Å²) in [7, 11) is 0. The molecule has 12 N–H and O–H groups in total. The molecule has 0 saturated carbocycles. The minimum Gasteiger partial charge on any atom is -0.290 e. The Kier molecular flexibility index (Phi) is 8.72. The van der Waals surface area contributed by atoms with Gasteiger partial charge in [0.1, 0.15) is 0 Å². The average Bonchev–Trinajstić information content (AvgIpc) is 2.77. The highest BCUT2D eigenvalue weighted by Gasteiger charge is 2.07. The van der Waals surface area contributed by atoms with Gasteiger partial charge in [0.15, 0.2) is 0 Å². The number of amides is 4. The number of benzene rings is 2. The van der Waals surface area contributed by atoms with Gasteiger partial charge in [-0.3, -0.25) is 40.9 Å². The van der Waals surface area contributed by atoms with Gasteiger partial charge in [-0.15, -0.1) is 0 Å². The molecule has 0 aliphatic heterocycles. The Balaban J connectivity index is 0.000000280. The number of nitrogen functional groups attached to an aromatic ring is 4. The molecule has 2 rings (SSSR count). The molecule has 4 amide bonds. The normalized spacial score (nSPS) is 9.29. The lowest BCUT2D eigenvalue weighted by Gasteiger charge is -2.01. The molecule has 2 aromatic rings. The Labute approximate surface area is 159 Å². The fourth-order valence-electron chi connectivity index (χ4n) is 1.88. The maximum atomic E-state index is 11.0. The lowest BCUT2D eigenvalue weighted by molar-refractivity contribution is 0.0942. The Hall–Kier alpha value is -3.84. The van der Waals surface area contributed by atoms with Gasteiger partial charge in [-0.05, 0) is 48.5 Å². The summed E-state index contributed by atoms with van der Waals surface area (Å²) >= 11 is 0. The smallest absolute Gasteiger partial charge is 0.265 e. The number of carbonyl (C=O) groups is 4. The number of nitrogens with two attached hydrogens (primary N) is 4. The Morgan fingerprint density at radius 2 is 0.571 bits per heavy atom. The molecular formula is C16H20N8O4. The van der Waals surface area contributed by atoms with Crippen LogP contribution in [0, 0.1) is 0 Å². The highest BCUT2D eigenvalue weighted by atomic mass is 16.2. The van der Waals surface area contributed by atoms with Crippen LogP contribution in [0.3, 0.4) is 0 Å². The highest BCUT2D eigenvalue weighted by Crippen LogP contribution is 2.04. The first kappa shape index (κ1) is 22.2. The summed E-state index contributed by atoms with van der Waals surface area (Å²) in [6, 6.07) is 11.8. The largest absolute Gasteiger partial charge is 0.290 e. The Bertz CT molecular complexity index is 695. The second-order valence-corrected chi connectivity index (χ2v) is 5.05. The molecule has 12 nitrogen and oxygen atoms in total. The van der Waals surface area contributed by atoms with Crippen molar-refractivity contribution < 1.29 is 19.2 Å². The molecule has 0 atom stereocenters. The van der Waals surface area contributed by atoms with Crippen LogP contribution in [0.25, 0.3) is 0 Å². The molecule has 0 spiro atoms. The maximum absolute atomic E-state index is 11.0. The zero-order chi connectivity index (χ0) is 21.1. The van der Waals surface area contributed by atoms with Gasteiger partial charge in [-0.25, -0.2) is 23.4 Å². The van der Waals surface area contributed by atoms with Gasteiger partial charge in [0.2, 0.25) is 0 Å². The molecule has 0 aromatic heterocycles. The van der Waals surface area contributed by atoms with E-state index in [4.69, 9.17) is 23.4 Å². The van der Waals surface area contributed by atoms with Crippen LogP contribution in [0.4, 0.5) is 0 Å². The van der Waals surface area contributed by atoms with Crippen molar-refractivity contribution in [1.29, 1.82) is 0 Å². The standard InChI is InChI=1S/2C8H10N4O2/c2*9-11-7(13)5-1-2-6(4-3-5)8(14)12-10/h2*1-4H,9-10H2,(H,11,13)(H,12,14). The molecule has 0 aliphatic rings. The van der Waals surface area contributed by atoms with E-state index in [0.717, 1.165) is 0 Å². The first-order valence-corrected chi connectivity index (χ1v) is 7.61. The van der Waals surface area contributed by atoms with Crippen molar-refractivity contribution in [2.75, 3.05) is 0 Å². The number of hydrazine groups is 4. The van der Waals surface area contributed by atoms with E-state index < -0.39 is 23.6 Å². The summed E-state index contributed by atoms with van der Waals surface area (Å²) < 4.78 is 0. The van der Waals surface area contributed by atoms with Gasteiger partial charge in [-0.1, -0.05) is 0 Å². The first-order valence-electron chi connectivity index (χ1n) is 7.61. The van der Waals surface area contributed by atoms with Gasteiger partial charge < -0.3 is 0 Å². The highest BCUT2D eigenvalue weighted by molar-refractivity contribution is 5.98. The summed E-state index contributed by atoms with van der Waals surface area (Å²) in [6.45, 7) is 0. The van der Waals surface area contributed by atoms with Crippen LogP contribution in [-0.2, 0) is 0 Å². The summed E-state index contributed by atoms with van der Waals surface area (Å²) in [5, 5.41) is 0. The van der Waals surface area contributed by atoms with Crippen LogP contribution in [-0.4, -0.2) is 23.6 Å². The lowest BCUT2D eigenvalue weighted by atomic mass is 10.1. The summed E-state index contributed by atoms with van der Waals surface area (Å²) in [6.07, 6.45) is 0. The van der Waals surface area contributed by atoms with Crippen molar-refractivity contribution in [3.05, 3.63) is 70.8 Å². The van der Waals surface area contributed by atoms with Crippen LogP contribution < -0.4 is 45.1 Å². The van der Waals surface area contributed by atoms with Crippen LogP contribution in [0.15, 0.2) is 48.5 Å². The van der Waals surface area contributed by atoms with E-state index in [-0.39, 0.29) is 0 Å². The van der Waals surface area contributed by atoms with Gasteiger partial charge in [-0.2, -0.15) is 0 Å². The van der Waals surface area contributed by atoms with Gasteiger partial charge in [0.25, 0.3) is 23.6 Å². The van der Waals surface area contributed by atoms with Crippen LogP contribution in [0.2, 0.25) is 0 Å². The fourth-order valence-corrected chi connectivity index (χ4v) is 1.88. The molecular weight excluding hydrogens is 368 g/mol. The van der Waals surface area contributed by atoms with E-state index in [9.17, 15) is 19.2 Å². The molecule has 0 aliphatic carbocycles. The topological polar surface area (TPSA) is 220 Å². The number of hydrogen-bond acceptors (Lipinski definition) is 8. The van der Waals surface area contributed by atoms with Gasteiger partial charge >= 0.3 is 0 Å². The quantitative estimate of drug-likeness (QED) is 0.162. The van der Waals surface area contributed by atoms with E-state index in [1.165, 1.54) is 48.5 Å². The second-order valence-electron chi connectivity index (χ2n) is 5.05. The predicted octanol–water partition coefficient (Wildman–Crippen LogP) is -2.21. The van der Waals surface area contributed by atoms with Crippen molar-refractivity contribution in [1.82, 2.24) is 21.7 Å². The van der Waals surface area contributed by atoms with E-state index in [1.807, 2.05) is 21.7 Å². The third-order valence-corrected chi connectivity index (χ3v) is 3.34. The van der Waals surface area contributed by atoms with Crippen LogP contribution in [0.1, 0.15) is 41.4 Å².